The second kappa shape index (κ2) is 21.0. The lowest BCUT2D eigenvalue weighted by molar-refractivity contribution is -0.302. The average Bonchev–Trinajstić information content (AvgIpc) is 3.18. The van der Waals surface area contributed by atoms with E-state index in [9.17, 15) is 34.5 Å². The molecule has 322 valence electrons. The van der Waals surface area contributed by atoms with E-state index in [2.05, 4.69) is 6.58 Å². The first-order chi connectivity index (χ1) is 27.0. The minimum absolute atomic E-state index is 0.00988. The van der Waals surface area contributed by atoms with Crippen LogP contribution < -0.4 is 0 Å². The smallest absolute Gasteiger partial charge is 0.329 e. The van der Waals surface area contributed by atoms with Gasteiger partial charge in [-0.2, -0.15) is 0 Å². The highest BCUT2D eigenvalue weighted by atomic mass is 16.7. The molecule has 1 unspecified atom stereocenters. The van der Waals surface area contributed by atoms with Crippen LogP contribution in [-0.2, 0) is 42.9 Å². The molecule has 2 saturated heterocycles. The van der Waals surface area contributed by atoms with Crippen molar-refractivity contribution in [2.45, 2.75) is 160 Å². The van der Waals surface area contributed by atoms with Crippen molar-refractivity contribution in [3.8, 4) is 0 Å². The van der Waals surface area contributed by atoms with Crippen LogP contribution in [0.1, 0.15) is 105 Å². The molecule has 4 aliphatic rings. The molecule has 1 saturated carbocycles. The standard InChI is InChI=1S/C44H69NO12/c1-10-13-31-19-25(2)18-26(3)20-37(54-8)40-38(55-9)22-28(5)44(52,57-40)41(49)42(50)45-17-12-11-14-32(45)43(51)56-39(29(6)34(47)24-35(31)48)27(4)21-30-15-16-33(46)36(23-30)53-7/h10,19,21,26,28-34,36-40,46-47,52H,1,11-18,20,22-24H2,2-9H3/b25-19+,27-21+/t26-,28?,29-,30-,31-,32+,33+,34-,36+,37+,38+,39-,40-,44-/m1/s1. The van der Waals surface area contributed by atoms with Gasteiger partial charge < -0.3 is 43.9 Å². The summed E-state index contributed by atoms with van der Waals surface area (Å²) in [6.45, 7) is 13.1. The number of fused-ring (bicyclic) bond motifs is 3. The van der Waals surface area contributed by atoms with Crippen molar-refractivity contribution >= 4 is 23.4 Å². The number of amides is 1. The van der Waals surface area contributed by atoms with Crippen molar-refractivity contribution in [2.24, 2.45) is 29.6 Å². The lowest BCUT2D eigenvalue weighted by atomic mass is 9.81. The van der Waals surface area contributed by atoms with Crippen LogP contribution in [-0.4, -0.2) is 126 Å². The Balaban J connectivity index is 1.78. The number of rotatable bonds is 7. The van der Waals surface area contributed by atoms with Crippen LogP contribution in [0.2, 0.25) is 0 Å². The molecular weight excluding hydrogens is 734 g/mol. The highest BCUT2D eigenvalue weighted by Gasteiger charge is 2.56. The summed E-state index contributed by atoms with van der Waals surface area (Å²) in [6.07, 6.45) is 4.93. The Morgan fingerprint density at radius 2 is 1.60 bits per heavy atom. The van der Waals surface area contributed by atoms with Crippen LogP contribution in [0.25, 0.3) is 0 Å². The number of carbonyl (C=O) groups is 4. The zero-order chi connectivity index (χ0) is 42.2. The molecule has 0 aromatic heterocycles. The third kappa shape index (κ3) is 11.3. The Hall–Kier alpha value is -2.78. The maximum Gasteiger partial charge on any atom is 0.329 e. The van der Waals surface area contributed by atoms with E-state index in [1.807, 2.05) is 32.9 Å². The molecule has 3 heterocycles. The van der Waals surface area contributed by atoms with Crippen LogP contribution in [0.5, 0.6) is 0 Å². The second-order valence-electron chi connectivity index (χ2n) is 17.3. The van der Waals surface area contributed by atoms with E-state index in [0.717, 1.165) is 5.57 Å². The molecule has 3 aliphatic heterocycles. The van der Waals surface area contributed by atoms with Crippen LogP contribution in [0.15, 0.2) is 36.0 Å². The van der Waals surface area contributed by atoms with E-state index in [1.54, 1.807) is 27.0 Å². The molecule has 2 bridgehead atoms. The number of methoxy groups -OCH3 is 3. The number of ether oxygens (including phenoxy) is 5. The summed E-state index contributed by atoms with van der Waals surface area (Å²) in [5.74, 6) is -7.76. The summed E-state index contributed by atoms with van der Waals surface area (Å²) in [6, 6.07) is -1.14. The van der Waals surface area contributed by atoms with Crippen molar-refractivity contribution in [2.75, 3.05) is 27.9 Å². The van der Waals surface area contributed by atoms with E-state index in [1.165, 1.54) is 19.1 Å². The van der Waals surface area contributed by atoms with E-state index in [-0.39, 0.29) is 49.5 Å². The summed E-state index contributed by atoms with van der Waals surface area (Å²) >= 11 is 0. The monoisotopic (exact) mass is 803 g/mol. The number of esters is 1. The van der Waals surface area contributed by atoms with Crippen molar-refractivity contribution in [3.63, 3.8) is 0 Å². The number of Topliss-reactive ketones (excluding diaryl/α,β-unsaturated/α-hetero) is 2. The SMILES string of the molecule is C=CC[C@@H]1/C=C(\C)C[C@@H](C)C[C@H](OC)[C@H]2O[C@@](O)(C(=O)C(=O)N3CCCC[C@H]3C(=O)O[C@H](/C(C)=C/[C@H]3CC[C@H](O)[C@@H](OC)C3)[C@H](C)[C@H](O)CC1=O)C(C)C[C@@H]2OC. The third-order valence-corrected chi connectivity index (χ3v) is 12.9. The molecule has 1 amide bonds. The first-order valence-electron chi connectivity index (χ1n) is 20.9. The van der Waals surface area contributed by atoms with Gasteiger partial charge in [0, 0.05) is 52.0 Å². The lowest BCUT2D eigenvalue weighted by Gasteiger charge is -2.47. The quantitative estimate of drug-likeness (QED) is 0.185. The third-order valence-electron chi connectivity index (χ3n) is 12.9. The average molecular weight is 804 g/mol. The Morgan fingerprint density at radius 1 is 0.930 bits per heavy atom. The van der Waals surface area contributed by atoms with Gasteiger partial charge in [-0.15, -0.1) is 6.58 Å². The number of allylic oxidation sites excluding steroid dienone is 4. The second-order valence-corrected chi connectivity index (χ2v) is 17.3. The summed E-state index contributed by atoms with van der Waals surface area (Å²) in [7, 11) is 4.61. The van der Waals surface area contributed by atoms with E-state index < -0.39 is 83.9 Å². The number of hydrogen-bond acceptors (Lipinski definition) is 12. The number of nitrogens with zero attached hydrogens (tertiary/aromatic N) is 1. The number of cyclic esters (lactones) is 1. The Labute approximate surface area is 339 Å². The topological polar surface area (TPSA) is 178 Å². The summed E-state index contributed by atoms with van der Waals surface area (Å²) in [5.41, 5.74) is 1.61. The molecule has 13 nitrogen and oxygen atoms in total. The largest absolute Gasteiger partial charge is 0.456 e. The fraction of sp³-hybridized carbons (Fsp3) is 0.773. The number of aliphatic hydroxyl groups excluding tert-OH is 2. The molecule has 0 radical (unpaired) electrons. The highest BCUT2D eigenvalue weighted by Crippen LogP contribution is 2.39. The molecule has 0 aromatic rings. The van der Waals surface area contributed by atoms with Crippen LogP contribution in [0.4, 0.5) is 0 Å². The van der Waals surface area contributed by atoms with Crippen molar-refractivity contribution < 1.29 is 58.2 Å². The zero-order valence-corrected chi connectivity index (χ0v) is 35.4. The van der Waals surface area contributed by atoms with Gasteiger partial charge in [-0.05, 0) is 95.5 Å². The van der Waals surface area contributed by atoms with E-state index in [0.29, 0.717) is 56.9 Å². The Morgan fingerprint density at radius 3 is 2.25 bits per heavy atom. The molecule has 3 N–H and O–H groups in total. The van der Waals surface area contributed by atoms with Gasteiger partial charge >= 0.3 is 5.97 Å². The summed E-state index contributed by atoms with van der Waals surface area (Å²) in [4.78, 5) is 57.8. The van der Waals surface area contributed by atoms with Crippen LogP contribution in [0.3, 0.4) is 0 Å². The van der Waals surface area contributed by atoms with Crippen LogP contribution >= 0.6 is 0 Å². The fourth-order valence-electron chi connectivity index (χ4n) is 9.42. The molecule has 13 heteroatoms. The molecule has 1 aliphatic carbocycles. The molecule has 0 spiro atoms. The van der Waals surface area contributed by atoms with Crippen molar-refractivity contribution in [3.05, 3.63) is 36.0 Å². The molecule has 0 aromatic carbocycles. The fourth-order valence-corrected chi connectivity index (χ4v) is 9.42. The van der Waals surface area contributed by atoms with Gasteiger partial charge in [0.25, 0.3) is 11.7 Å². The number of hydrogen-bond donors (Lipinski definition) is 3. The maximum absolute atomic E-state index is 14.3. The van der Waals surface area contributed by atoms with E-state index in [4.69, 9.17) is 23.7 Å². The minimum Gasteiger partial charge on any atom is -0.456 e. The maximum atomic E-state index is 14.3. The first-order valence-corrected chi connectivity index (χ1v) is 20.9. The van der Waals surface area contributed by atoms with Crippen molar-refractivity contribution in [1.29, 1.82) is 0 Å². The molecule has 3 fully saturated rings. The van der Waals surface area contributed by atoms with Gasteiger partial charge in [0.15, 0.2) is 0 Å². The van der Waals surface area contributed by atoms with E-state index >= 15 is 0 Å². The van der Waals surface area contributed by atoms with Gasteiger partial charge in [-0.25, -0.2) is 4.79 Å². The summed E-state index contributed by atoms with van der Waals surface area (Å²) < 4.78 is 29.7. The zero-order valence-electron chi connectivity index (χ0n) is 35.4. The molecule has 4 rings (SSSR count). The van der Waals surface area contributed by atoms with Crippen molar-refractivity contribution in [1.82, 2.24) is 4.90 Å². The highest BCUT2D eigenvalue weighted by molar-refractivity contribution is 6.39. The number of carbonyl (C=O) groups excluding carboxylic acids is 4. The predicted molar refractivity (Wildman–Crippen MR) is 213 cm³/mol. The van der Waals surface area contributed by atoms with Gasteiger partial charge in [-0.1, -0.05) is 44.6 Å². The van der Waals surface area contributed by atoms with Gasteiger partial charge in [0.1, 0.15) is 24.0 Å². The lowest BCUT2D eigenvalue weighted by Crippen LogP contribution is -2.64. The summed E-state index contributed by atoms with van der Waals surface area (Å²) in [5, 5.41) is 34.1. The predicted octanol–water partition coefficient (Wildman–Crippen LogP) is 4.64. The van der Waals surface area contributed by atoms with Gasteiger partial charge in [0.05, 0.1) is 30.5 Å². The number of piperidine rings is 1. The van der Waals surface area contributed by atoms with Gasteiger partial charge in [-0.3, -0.25) is 14.4 Å². The molecular formula is C44H69NO12. The van der Waals surface area contributed by atoms with Crippen LogP contribution in [0, 0.1) is 29.6 Å². The number of aliphatic hydroxyl groups is 3. The molecule has 14 atom stereocenters. The Bertz CT molecular complexity index is 1480. The molecule has 57 heavy (non-hydrogen) atoms. The number of ketones is 2. The Kier molecular flexibility index (Phi) is 17.2. The minimum atomic E-state index is -2.51. The van der Waals surface area contributed by atoms with Gasteiger partial charge in [0.2, 0.25) is 5.79 Å². The normalized spacial score (nSPS) is 41.0. The first kappa shape index (κ1) is 46.9.